The van der Waals surface area contributed by atoms with Gasteiger partial charge in [0.2, 0.25) is 0 Å². The van der Waals surface area contributed by atoms with E-state index in [-0.39, 0.29) is 16.3 Å². The molecule has 0 fully saturated rings. The van der Waals surface area contributed by atoms with Crippen LogP contribution >= 0.6 is 35.1 Å². The van der Waals surface area contributed by atoms with Gasteiger partial charge in [-0.05, 0) is 36.6 Å². The van der Waals surface area contributed by atoms with Gasteiger partial charge >= 0.3 is 5.97 Å². The van der Waals surface area contributed by atoms with Gasteiger partial charge in [0.05, 0.1) is 28.1 Å². The first-order valence-electron chi connectivity index (χ1n) is 7.44. The van der Waals surface area contributed by atoms with Crippen LogP contribution in [0.3, 0.4) is 0 Å². The van der Waals surface area contributed by atoms with Crippen molar-refractivity contribution in [2.45, 2.75) is 9.79 Å². The number of carbonyl (C=O) groups is 2. The van der Waals surface area contributed by atoms with Crippen molar-refractivity contribution in [3.05, 3.63) is 53.1 Å². The highest BCUT2D eigenvalue weighted by Gasteiger charge is 2.15. The molecule has 134 valence electrons. The van der Waals surface area contributed by atoms with Crippen LogP contribution in [0.5, 0.6) is 0 Å². The Bertz CT molecular complexity index is 853. The minimum absolute atomic E-state index is 0.219. The van der Waals surface area contributed by atoms with Crippen LogP contribution in [0.25, 0.3) is 0 Å². The number of amides is 1. The molecule has 0 heterocycles. The van der Waals surface area contributed by atoms with E-state index in [1.54, 1.807) is 36.4 Å². The number of thioether (sulfide) groups is 2. The van der Waals surface area contributed by atoms with Gasteiger partial charge in [0, 0.05) is 9.79 Å². The summed E-state index contributed by atoms with van der Waals surface area (Å²) in [5.74, 6) is -0.861. The SMILES string of the molecule is CSc1ccc(Cl)c(C(=O)OCC(=O)Nc2ccccc2SCC#N)c1. The second-order valence-corrected chi connectivity index (χ2v) is 7.22. The van der Waals surface area contributed by atoms with Crippen LogP contribution in [0.15, 0.2) is 52.3 Å². The minimum Gasteiger partial charge on any atom is -0.452 e. The van der Waals surface area contributed by atoms with E-state index in [0.29, 0.717) is 5.69 Å². The zero-order chi connectivity index (χ0) is 18.9. The largest absolute Gasteiger partial charge is 0.452 e. The lowest BCUT2D eigenvalue weighted by Gasteiger charge is -2.10. The zero-order valence-electron chi connectivity index (χ0n) is 13.8. The fourth-order valence-corrected chi connectivity index (χ4v) is 3.29. The molecule has 5 nitrogen and oxygen atoms in total. The third kappa shape index (κ3) is 5.70. The Labute approximate surface area is 165 Å². The molecule has 0 aromatic heterocycles. The van der Waals surface area contributed by atoms with E-state index in [4.69, 9.17) is 21.6 Å². The topological polar surface area (TPSA) is 79.2 Å². The molecule has 0 spiro atoms. The Morgan fingerprint density at radius 3 is 2.77 bits per heavy atom. The maximum Gasteiger partial charge on any atom is 0.340 e. The summed E-state index contributed by atoms with van der Waals surface area (Å²) < 4.78 is 5.06. The summed E-state index contributed by atoms with van der Waals surface area (Å²) in [5.41, 5.74) is 0.785. The van der Waals surface area contributed by atoms with E-state index in [1.807, 2.05) is 18.4 Å². The number of anilines is 1. The monoisotopic (exact) mass is 406 g/mol. The maximum absolute atomic E-state index is 12.2. The highest BCUT2D eigenvalue weighted by atomic mass is 35.5. The molecule has 0 saturated carbocycles. The number of para-hydroxylation sites is 1. The zero-order valence-corrected chi connectivity index (χ0v) is 16.2. The second kappa shape index (κ2) is 10.1. The first-order valence-corrected chi connectivity index (χ1v) is 10.0. The summed E-state index contributed by atoms with van der Waals surface area (Å²) in [7, 11) is 0. The lowest BCUT2D eigenvalue weighted by Crippen LogP contribution is -2.21. The third-order valence-corrected chi connectivity index (χ3v) is 5.18. The number of hydrogen-bond donors (Lipinski definition) is 1. The average molecular weight is 407 g/mol. The van der Waals surface area contributed by atoms with Crippen molar-refractivity contribution in [3.8, 4) is 6.07 Å². The quantitative estimate of drug-likeness (QED) is 0.539. The smallest absolute Gasteiger partial charge is 0.340 e. The van der Waals surface area contributed by atoms with Crippen molar-refractivity contribution in [1.82, 2.24) is 0 Å². The molecule has 1 N–H and O–H groups in total. The van der Waals surface area contributed by atoms with Gasteiger partial charge in [-0.25, -0.2) is 4.79 Å². The molecule has 0 saturated heterocycles. The van der Waals surface area contributed by atoms with Gasteiger partial charge in [-0.1, -0.05) is 23.7 Å². The fraction of sp³-hybridized carbons (Fsp3) is 0.167. The van der Waals surface area contributed by atoms with E-state index in [2.05, 4.69) is 5.32 Å². The molecule has 2 rings (SSSR count). The van der Waals surface area contributed by atoms with Crippen LogP contribution in [0.4, 0.5) is 5.69 Å². The van der Waals surface area contributed by atoms with Crippen LogP contribution in [-0.4, -0.2) is 30.5 Å². The van der Waals surface area contributed by atoms with Crippen molar-refractivity contribution in [3.63, 3.8) is 0 Å². The molecular formula is C18H15ClN2O3S2. The number of nitrogens with one attached hydrogen (secondary N) is 1. The van der Waals surface area contributed by atoms with Crippen LogP contribution in [0.2, 0.25) is 5.02 Å². The second-order valence-electron chi connectivity index (χ2n) is 4.91. The molecule has 0 radical (unpaired) electrons. The van der Waals surface area contributed by atoms with E-state index < -0.39 is 18.5 Å². The average Bonchev–Trinajstić information content (AvgIpc) is 2.66. The van der Waals surface area contributed by atoms with Crippen LogP contribution < -0.4 is 5.32 Å². The van der Waals surface area contributed by atoms with Crippen molar-refractivity contribution in [2.75, 3.05) is 23.9 Å². The van der Waals surface area contributed by atoms with Gasteiger partial charge < -0.3 is 10.1 Å². The van der Waals surface area contributed by atoms with Gasteiger partial charge in [0.15, 0.2) is 6.61 Å². The molecule has 0 aliphatic rings. The first kappa shape index (κ1) is 20.2. The third-order valence-electron chi connectivity index (χ3n) is 3.18. The maximum atomic E-state index is 12.2. The Hall–Kier alpha value is -2.14. The molecular weight excluding hydrogens is 392 g/mol. The Balaban J connectivity index is 1.97. The summed E-state index contributed by atoms with van der Waals surface area (Å²) in [6.07, 6.45) is 1.88. The molecule has 8 heteroatoms. The summed E-state index contributed by atoms with van der Waals surface area (Å²) in [6.45, 7) is -0.435. The van der Waals surface area contributed by atoms with Gasteiger partial charge in [0.25, 0.3) is 5.91 Å². The Kier molecular flexibility index (Phi) is 7.85. The Morgan fingerprint density at radius 2 is 2.04 bits per heavy atom. The molecule has 0 atom stereocenters. The van der Waals surface area contributed by atoms with Gasteiger partial charge in [-0.3, -0.25) is 4.79 Å². The summed E-state index contributed by atoms with van der Waals surface area (Å²) in [5, 5.41) is 11.6. The molecule has 26 heavy (non-hydrogen) atoms. The summed E-state index contributed by atoms with van der Waals surface area (Å²) in [4.78, 5) is 25.9. The predicted molar refractivity (Wildman–Crippen MR) is 105 cm³/mol. The lowest BCUT2D eigenvalue weighted by molar-refractivity contribution is -0.119. The van der Waals surface area contributed by atoms with Crippen molar-refractivity contribution < 1.29 is 14.3 Å². The van der Waals surface area contributed by atoms with Crippen molar-refractivity contribution in [1.29, 1.82) is 5.26 Å². The number of esters is 1. The van der Waals surface area contributed by atoms with E-state index >= 15 is 0 Å². The molecule has 0 aliphatic carbocycles. The molecule has 0 aliphatic heterocycles. The number of benzene rings is 2. The van der Waals surface area contributed by atoms with E-state index in [1.165, 1.54) is 23.5 Å². The summed E-state index contributed by atoms with van der Waals surface area (Å²) >= 11 is 8.81. The number of nitriles is 1. The number of nitrogens with zero attached hydrogens (tertiary/aromatic N) is 1. The lowest BCUT2D eigenvalue weighted by atomic mass is 10.2. The van der Waals surface area contributed by atoms with Crippen LogP contribution in [0, 0.1) is 11.3 Å². The van der Waals surface area contributed by atoms with Crippen molar-refractivity contribution >= 4 is 52.7 Å². The molecule has 2 aromatic rings. The van der Waals surface area contributed by atoms with E-state index in [9.17, 15) is 9.59 Å². The van der Waals surface area contributed by atoms with Gasteiger partial charge in [0.1, 0.15) is 0 Å². The van der Waals surface area contributed by atoms with Crippen LogP contribution in [-0.2, 0) is 9.53 Å². The fourth-order valence-electron chi connectivity index (χ4n) is 1.99. The normalized spacial score (nSPS) is 10.0. The van der Waals surface area contributed by atoms with Gasteiger partial charge in [-0.2, -0.15) is 5.26 Å². The number of halogens is 1. The highest BCUT2D eigenvalue weighted by molar-refractivity contribution is 7.99. The van der Waals surface area contributed by atoms with Crippen LogP contribution in [0.1, 0.15) is 10.4 Å². The highest BCUT2D eigenvalue weighted by Crippen LogP contribution is 2.27. The Morgan fingerprint density at radius 1 is 1.27 bits per heavy atom. The number of hydrogen-bond acceptors (Lipinski definition) is 6. The number of ether oxygens (including phenoxy) is 1. The minimum atomic E-state index is -0.659. The van der Waals surface area contributed by atoms with E-state index in [0.717, 1.165) is 9.79 Å². The summed E-state index contributed by atoms with van der Waals surface area (Å²) in [6, 6.07) is 14.2. The van der Waals surface area contributed by atoms with Gasteiger partial charge in [-0.15, -0.1) is 23.5 Å². The van der Waals surface area contributed by atoms with Crippen molar-refractivity contribution in [2.24, 2.45) is 0 Å². The number of rotatable bonds is 7. The first-order chi connectivity index (χ1) is 12.5. The molecule has 0 bridgehead atoms. The molecule has 1 amide bonds. The predicted octanol–water partition coefficient (Wildman–Crippen LogP) is 4.47. The molecule has 0 unspecified atom stereocenters. The standard InChI is InChI=1S/C18H15ClN2O3S2/c1-25-12-6-7-14(19)13(10-12)18(23)24-11-17(22)21-15-4-2-3-5-16(15)26-9-8-20/h2-7,10H,9,11H2,1H3,(H,21,22). The molecule has 2 aromatic carbocycles. The number of carbonyl (C=O) groups excluding carboxylic acids is 2.